The van der Waals surface area contributed by atoms with E-state index in [0.29, 0.717) is 11.1 Å². The number of rotatable bonds is 12. The van der Waals surface area contributed by atoms with E-state index in [1.807, 2.05) is 0 Å². The minimum atomic E-state index is -0.188. The second-order valence-electron chi connectivity index (χ2n) is 5.73. The first-order valence-electron chi connectivity index (χ1n) is 7.82. The Bertz CT molecular complexity index is 298. The van der Waals surface area contributed by atoms with E-state index in [1.54, 1.807) is 14.1 Å². The standard InChI is InChI=1S/C15H31N3O3/c1-5-14(8-10-18(4)21)17(3)9-6-7-13(12-19)11-15(20)16-2/h12-14,21H,5-11H2,1-4H3,(H,16,20)/p+1. The maximum atomic E-state index is 11.3. The normalized spacial score (nSPS) is 15.5. The molecular formula is C15H32N3O3+. The number of nitrogens with zero attached hydrogens (tertiary/aromatic N) is 1. The lowest BCUT2D eigenvalue weighted by Gasteiger charge is -2.27. The van der Waals surface area contributed by atoms with Gasteiger partial charge in [-0.05, 0) is 32.9 Å². The van der Waals surface area contributed by atoms with Gasteiger partial charge in [0.15, 0.2) is 0 Å². The van der Waals surface area contributed by atoms with Crippen LogP contribution in [0, 0.1) is 5.92 Å². The van der Waals surface area contributed by atoms with Crippen LogP contribution >= 0.6 is 0 Å². The molecule has 0 aliphatic rings. The summed E-state index contributed by atoms with van der Waals surface area (Å²) in [7, 11) is 5.40. The molecule has 0 aliphatic heterocycles. The Morgan fingerprint density at radius 3 is 2.57 bits per heavy atom. The fourth-order valence-corrected chi connectivity index (χ4v) is 2.46. The van der Waals surface area contributed by atoms with Gasteiger partial charge in [-0.15, -0.1) is 0 Å². The first-order valence-corrected chi connectivity index (χ1v) is 7.82. The number of hydrogen-bond acceptors (Lipinski definition) is 4. The fraction of sp³-hybridized carbons (Fsp3) is 0.867. The molecule has 0 aromatic heterocycles. The average Bonchev–Trinajstić information content (AvgIpc) is 2.46. The molecule has 6 nitrogen and oxygen atoms in total. The van der Waals surface area contributed by atoms with E-state index < -0.39 is 0 Å². The Morgan fingerprint density at radius 1 is 1.43 bits per heavy atom. The van der Waals surface area contributed by atoms with Crippen LogP contribution in [0.15, 0.2) is 0 Å². The third-order valence-corrected chi connectivity index (χ3v) is 3.94. The monoisotopic (exact) mass is 302 g/mol. The summed E-state index contributed by atoms with van der Waals surface area (Å²) in [5.41, 5.74) is 0. The smallest absolute Gasteiger partial charge is 0.220 e. The molecule has 0 saturated heterocycles. The zero-order chi connectivity index (χ0) is 16.3. The Kier molecular flexibility index (Phi) is 11.1. The molecule has 0 aromatic rings. The molecule has 0 radical (unpaired) electrons. The van der Waals surface area contributed by atoms with Crippen molar-refractivity contribution in [2.75, 3.05) is 34.2 Å². The summed E-state index contributed by atoms with van der Waals surface area (Å²) in [4.78, 5) is 24.5. The number of carbonyl (C=O) groups is 2. The number of carbonyl (C=O) groups excluding carboxylic acids is 2. The van der Waals surface area contributed by atoms with Crippen LogP contribution in [0.3, 0.4) is 0 Å². The second kappa shape index (κ2) is 11.7. The predicted octanol–water partition coefficient (Wildman–Crippen LogP) is -0.278. The molecule has 3 N–H and O–H groups in total. The van der Waals surface area contributed by atoms with E-state index in [4.69, 9.17) is 0 Å². The molecule has 0 spiro atoms. The van der Waals surface area contributed by atoms with Crippen molar-refractivity contribution < 1.29 is 19.9 Å². The minimum absolute atomic E-state index is 0.0825. The molecule has 3 unspecified atom stereocenters. The number of amides is 1. The lowest BCUT2D eigenvalue weighted by molar-refractivity contribution is -1.07. The van der Waals surface area contributed by atoms with Crippen LogP contribution in [0.25, 0.3) is 0 Å². The largest absolute Gasteiger partial charge is 0.359 e. The third-order valence-electron chi connectivity index (χ3n) is 3.94. The van der Waals surface area contributed by atoms with Crippen molar-refractivity contribution in [2.45, 2.75) is 45.1 Å². The number of aldehydes is 1. The van der Waals surface area contributed by atoms with Crippen molar-refractivity contribution in [3.8, 4) is 0 Å². The first-order chi connectivity index (χ1) is 9.94. The van der Waals surface area contributed by atoms with Crippen molar-refractivity contribution in [3.63, 3.8) is 0 Å². The van der Waals surface area contributed by atoms with Crippen LogP contribution in [0.5, 0.6) is 0 Å². The Labute approximate surface area is 128 Å². The molecule has 21 heavy (non-hydrogen) atoms. The SMILES string of the molecule is CCC(CC[NH+](C)O)N(C)CCCC(C=O)CC(=O)NC. The van der Waals surface area contributed by atoms with E-state index in [9.17, 15) is 14.8 Å². The molecule has 0 fully saturated rings. The maximum absolute atomic E-state index is 11.3. The van der Waals surface area contributed by atoms with E-state index >= 15 is 0 Å². The zero-order valence-corrected chi connectivity index (χ0v) is 13.9. The number of nitrogens with one attached hydrogen (secondary N) is 2. The number of hydroxylamine groups is 2. The summed E-state index contributed by atoms with van der Waals surface area (Å²) < 4.78 is 0. The molecule has 0 aromatic carbocycles. The predicted molar refractivity (Wildman–Crippen MR) is 82.3 cm³/mol. The lowest BCUT2D eigenvalue weighted by Crippen LogP contribution is -3.06. The van der Waals surface area contributed by atoms with Crippen molar-refractivity contribution in [1.29, 1.82) is 0 Å². The molecule has 0 heterocycles. The van der Waals surface area contributed by atoms with E-state index in [0.717, 1.165) is 45.1 Å². The summed E-state index contributed by atoms with van der Waals surface area (Å²) in [6.07, 6.45) is 4.79. The quantitative estimate of drug-likeness (QED) is 0.342. The van der Waals surface area contributed by atoms with Crippen molar-refractivity contribution in [3.05, 3.63) is 0 Å². The molecule has 124 valence electrons. The van der Waals surface area contributed by atoms with E-state index in [-0.39, 0.29) is 18.2 Å². The summed E-state index contributed by atoms with van der Waals surface area (Å²) in [6, 6.07) is 0.445. The highest BCUT2D eigenvalue weighted by Crippen LogP contribution is 2.12. The van der Waals surface area contributed by atoms with Gasteiger partial charge in [0, 0.05) is 31.8 Å². The highest BCUT2D eigenvalue weighted by Gasteiger charge is 2.16. The lowest BCUT2D eigenvalue weighted by atomic mass is 10.00. The highest BCUT2D eigenvalue weighted by molar-refractivity contribution is 5.78. The molecule has 0 rings (SSSR count). The van der Waals surface area contributed by atoms with Crippen molar-refractivity contribution in [2.24, 2.45) is 5.92 Å². The summed E-state index contributed by atoms with van der Waals surface area (Å²) in [5, 5.41) is 12.3. The molecular weight excluding hydrogens is 270 g/mol. The van der Waals surface area contributed by atoms with Gasteiger partial charge in [0.25, 0.3) is 0 Å². The summed E-state index contributed by atoms with van der Waals surface area (Å²) in [6.45, 7) is 3.78. The van der Waals surface area contributed by atoms with Crippen LogP contribution in [-0.2, 0) is 9.59 Å². The molecule has 6 heteroatoms. The first kappa shape index (κ1) is 20.0. The number of hydrogen-bond donors (Lipinski definition) is 3. The molecule has 3 atom stereocenters. The third kappa shape index (κ3) is 9.55. The highest BCUT2D eigenvalue weighted by atomic mass is 16.5. The van der Waals surface area contributed by atoms with Gasteiger partial charge in [-0.1, -0.05) is 6.92 Å². The Morgan fingerprint density at radius 2 is 2.10 bits per heavy atom. The van der Waals surface area contributed by atoms with Gasteiger partial charge in [-0.3, -0.25) is 4.79 Å². The Hall–Kier alpha value is -0.980. The van der Waals surface area contributed by atoms with Crippen molar-refractivity contribution >= 4 is 12.2 Å². The zero-order valence-electron chi connectivity index (χ0n) is 13.9. The van der Waals surface area contributed by atoms with Gasteiger partial charge in [-0.2, -0.15) is 5.06 Å². The fourth-order valence-electron chi connectivity index (χ4n) is 2.46. The van der Waals surface area contributed by atoms with Gasteiger partial charge in [0.1, 0.15) is 12.8 Å². The van der Waals surface area contributed by atoms with Gasteiger partial charge in [0.2, 0.25) is 5.91 Å². The molecule has 0 aliphatic carbocycles. The maximum Gasteiger partial charge on any atom is 0.220 e. The van der Waals surface area contributed by atoms with Gasteiger partial charge >= 0.3 is 0 Å². The van der Waals surface area contributed by atoms with E-state index in [2.05, 4.69) is 24.2 Å². The Balaban J connectivity index is 4.05. The molecule has 0 saturated carbocycles. The second-order valence-corrected chi connectivity index (χ2v) is 5.73. The van der Waals surface area contributed by atoms with Gasteiger partial charge < -0.3 is 15.0 Å². The van der Waals surface area contributed by atoms with Crippen LogP contribution in [-0.4, -0.2) is 62.6 Å². The van der Waals surface area contributed by atoms with Gasteiger partial charge in [0.05, 0.1) is 7.05 Å². The van der Waals surface area contributed by atoms with Crippen molar-refractivity contribution in [1.82, 2.24) is 10.2 Å². The average molecular weight is 302 g/mol. The van der Waals surface area contributed by atoms with Crippen LogP contribution < -0.4 is 10.4 Å². The van der Waals surface area contributed by atoms with Crippen LogP contribution in [0.2, 0.25) is 0 Å². The molecule has 1 amide bonds. The summed E-state index contributed by atoms with van der Waals surface area (Å²) >= 11 is 0. The van der Waals surface area contributed by atoms with Crippen LogP contribution in [0.4, 0.5) is 0 Å². The topological polar surface area (TPSA) is 74.1 Å². The minimum Gasteiger partial charge on any atom is -0.359 e. The molecule has 0 bridgehead atoms. The number of quaternary nitrogens is 1. The summed E-state index contributed by atoms with van der Waals surface area (Å²) in [5.74, 6) is -0.271. The van der Waals surface area contributed by atoms with E-state index in [1.165, 1.54) is 0 Å². The van der Waals surface area contributed by atoms with Gasteiger partial charge in [-0.25, -0.2) is 5.21 Å². The van der Waals surface area contributed by atoms with Crippen LogP contribution in [0.1, 0.15) is 39.0 Å².